The van der Waals surface area contributed by atoms with Crippen molar-refractivity contribution in [2.24, 2.45) is 0 Å². The van der Waals surface area contributed by atoms with Crippen LogP contribution in [0.1, 0.15) is 47.0 Å². The molecule has 0 saturated carbocycles. The Labute approximate surface area is 70.4 Å². The largest absolute Gasteiger partial charge is 0.356 e. The predicted molar refractivity (Wildman–Crippen MR) is 49.6 cm³/mol. The summed E-state index contributed by atoms with van der Waals surface area (Å²) < 4.78 is 0. The summed E-state index contributed by atoms with van der Waals surface area (Å²) in [7, 11) is 0. The zero-order chi connectivity index (χ0) is 9.11. The first-order valence-corrected chi connectivity index (χ1v) is 4.58. The van der Waals surface area contributed by atoms with Crippen molar-refractivity contribution >= 4 is 5.91 Å². The molecule has 0 unspecified atom stereocenters. The van der Waals surface area contributed by atoms with Gasteiger partial charge in [0.1, 0.15) is 0 Å². The molecule has 0 atom stereocenters. The van der Waals surface area contributed by atoms with Gasteiger partial charge in [-0.3, -0.25) is 4.79 Å². The Morgan fingerprint density at radius 1 is 1.36 bits per heavy atom. The standard InChI is InChI=1S/C4H7NO.C3H8.C2H6/c6-4-2-1-3-5-4;1-3-2;1-2/h1-3H2,(H,5,6);3H2,1-2H3;1-2H3. The molecule has 1 aliphatic heterocycles. The molecule has 0 aromatic rings. The first kappa shape index (κ1) is 13.1. The molecule has 1 amide bonds. The zero-order valence-corrected chi connectivity index (χ0v) is 8.24. The first-order valence-electron chi connectivity index (χ1n) is 4.58. The van der Waals surface area contributed by atoms with Crippen molar-refractivity contribution in [3.8, 4) is 0 Å². The van der Waals surface area contributed by atoms with Crippen molar-refractivity contribution in [1.82, 2.24) is 5.32 Å². The van der Waals surface area contributed by atoms with E-state index >= 15 is 0 Å². The summed E-state index contributed by atoms with van der Waals surface area (Å²) in [5.41, 5.74) is 0. The Kier molecular flexibility index (Phi) is 14.5. The molecule has 1 saturated heterocycles. The van der Waals surface area contributed by atoms with Gasteiger partial charge < -0.3 is 5.32 Å². The van der Waals surface area contributed by atoms with Gasteiger partial charge in [0, 0.05) is 13.0 Å². The van der Waals surface area contributed by atoms with Gasteiger partial charge in [-0.05, 0) is 6.42 Å². The monoisotopic (exact) mass is 159 g/mol. The van der Waals surface area contributed by atoms with Crippen molar-refractivity contribution in [3.05, 3.63) is 0 Å². The lowest BCUT2D eigenvalue weighted by molar-refractivity contribution is -0.119. The fraction of sp³-hybridized carbons (Fsp3) is 0.889. The number of hydrogen-bond donors (Lipinski definition) is 1. The van der Waals surface area contributed by atoms with Gasteiger partial charge in [0.05, 0.1) is 0 Å². The summed E-state index contributed by atoms with van der Waals surface area (Å²) in [4.78, 5) is 10.1. The molecule has 2 nitrogen and oxygen atoms in total. The molecule has 2 heteroatoms. The highest BCUT2D eigenvalue weighted by atomic mass is 16.1. The van der Waals surface area contributed by atoms with Crippen LogP contribution in [0.3, 0.4) is 0 Å². The van der Waals surface area contributed by atoms with Crippen LogP contribution in [0.4, 0.5) is 0 Å². The van der Waals surface area contributed by atoms with Gasteiger partial charge in [-0.15, -0.1) is 0 Å². The number of amides is 1. The van der Waals surface area contributed by atoms with E-state index < -0.39 is 0 Å². The predicted octanol–water partition coefficient (Wildman–Crippen LogP) is 2.34. The molecule has 1 N–H and O–H groups in total. The molecule has 0 bridgehead atoms. The molecule has 1 aliphatic rings. The summed E-state index contributed by atoms with van der Waals surface area (Å²) in [6, 6.07) is 0. The van der Waals surface area contributed by atoms with Gasteiger partial charge in [-0.2, -0.15) is 0 Å². The number of rotatable bonds is 0. The smallest absolute Gasteiger partial charge is 0.220 e. The highest BCUT2D eigenvalue weighted by molar-refractivity contribution is 5.77. The first-order chi connectivity index (χ1) is 5.31. The van der Waals surface area contributed by atoms with E-state index in [1.54, 1.807) is 0 Å². The number of hydrogen-bond acceptors (Lipinski definition) is 1. The van der Waals surface area contributed by atoms with E-state index in [0.29, 0.717) is 0 Å². The fourth-order valence-corrected chi connectivity index (χ4v) is 0.565. The van der Waals surface area contributed by atoms with Gasteiger partial charge in [-0.25, -0.2) is 0 Å². The van der Waals surface area contributed by atoms with Crippen molar-refractivity contribution < 1.29 is 4.79 Å². The third kappa shape index (κ3) is 12.6. The Morgan fingerprint density at radius 3 is 1.91 bits per heavy atom. The molecular formula is C9H21NO. The van der Waals surface area contributed by atoms with E-state index in [1.807, 2.05) is 13.8 Å². The maximum absolute atomic E-state index is 10.1. The Bertz CT molecular complexity index is 73.6. The van der Waals surface area contributed by atoms with E-state index in [-0.39, 0.29) is 5.91 Å². The van der Waals surface area contributed by atoms with Crippen LogP contribution in [0, 0.1) is 0 Å². The molecule has 0 radical (unpaired) electrons. The van der Waals surface area contributed by atoms with Crippen molar-refractivity contribution in [2.75, 3.05) is 6.54 Å². The molecule has 0 spiro atoms. The molecule has 68 valence electrons. The quantitative estimate of drug-likeness (QED) is 0.577. The van der Waals surface area contributed by atoms with E-state index in [0.717, 1.165) is 19.4 Å². The van der Waals surface area contributed by atoms with Crippen LogP contribution in [-0.2, 0) is 4.79 Å². The maximum Gasteiger partial charge on any atom is 0.220 e. The number of nitrogens with one attached hydrogen (secondary N) is 1. The lowest BCUT2D eigenvalue weighted by Crippen LogP contribution is -2.12. The van der Waals surface area contributed by atoms with E-state index in [2.05, 4.69) is 19.2 Å². The molecular weight excluding hydrogens is 138 g/mol. The Balaban J connectivity index is 0. The molecule has 1 fully saturated rings. The average Bonchev–Trinajstić information content (AvgIpc) is 2.46. The summed E-state index contributed by atoms with van der Waals surface area (Å²) >= 11 is 0. The van der Waals surface area contributed by atoms with E-state index in [1.165, 1.54) is 6.42 Å². The lowest BCUT2D eigenvalue weighted by Gasteiger charge is -1.80. The molecule has 0 aromatic carbocycles. The minimum atomic E-state index is 0.204. The number of carbonyl (C=O) groups excluding carboxylic acids is 1. The van der Waals surface area contributed by atoms with Gasteiger partial charge in [0.15, 0.2) is 0 Å². The minimum absolute atomic E-state index is 0.204. The third-order valence-corrected chi connectivity index (χ3v) is 0.903. The molecule has 11 heavy (non-hydrogen) atoms. The molecule has 1 heterocycles. The van der Waals surface area contributed by atoms with Crippen molar-refractivity contribution in [2.45, 2.75) is 47.0 Å². The van der Waals surface area contributed by atoms with Gasteiger partial charge in [0.2, 0.25) is 5.91 Å². The van der Waals surface area contributed by atoms with Crippen LogP contribution in [0.5, 0.6) is 0 Å². The Morgan fingerprint density at radius 2 is 1.82 bits per heavy atom. The summed E-state index contributed by atoms with van der Waals surface area (Å²) in [6.07, 6.45) is 3.01. The second kappa shape index (κ2) is 12.2. The summed E-state index contributed by atoms with van der Waals surface area (Å²) in [5, 5.41) is 2.68. The normalized spacial score (nSPS) is 13.6. The summed E-state index contributed by atoms with van der Waals surface area (Å²) in [6.45, 7) is 9.14. The maximum atomic E-state index is 10.1. The van der Waals surface area contributed by atoms with Crippen LogP contribution >= 0.6 is 0 Å². The molecule has 1 rings (SSSR count). The van der Waals surface area contributed by atoms with Gasteiger partial charge >= 0.3 is 0 Å². The molecule has 0 aliphatic carbocycles. The fourth-order valence-electron chi connectivity index (χ4n) is 0.565. The van der Waals surface area contributed by atoms with Crippen LogP contribution in [0.2, 0.25) is 0 Å². The second-order valence-corrected chi connectivity index (χ2v) is 2.16. The Hall–Kier alpha value is -0.530. The highest BCUT2D eigenvalue weighted by Gasteiger charge is 2.05. The average molecular weight is 159 g/mol. The molecule has 0 aromatic heterocycles. The third-order valence-electron chi connectivity index (χ3n) is 0.903. The van der Waals surface area contributed by atoms with Crippen LogP contribution in [0.25, 0.3) is 0 Å². The van der Waals surface area contributed by atoms with Crippen LogP contribution < -0.4 is 5.32 Å². The van der Waals surface area contributed by atoms with E-state index in [4.69, 9.17) is 0 Å². The second-order valence-electron chi connectivity index (χ2n) is 2.16. The SMILES string of the molecule is CC.CCC.O=C1CCCN1. The van der Waals surface area contributed by atoms with Gasteiger partial charge in [0.25, 0.3) is 0 Å². The summed E-state index contributed by atoms with van der Waals surface area (Å²) in [5.74, 6) is 0.204. The minimum Gasteiger partial charge on any atom is -0.356 e. The van der Waals surface area contributed by atoms with Gasteiger partial charge in [-0.1, -0.05) is 34.1 Å². The van der Waals surface area contributed by atoms with Crippen LogP contribution in [0.15, 0.2) is 0 Å². The lowest BCUT2D eigenvalue weighted by atomic mass is 10.4. The van der Waals surface area contributed by atoms with Crippen molar-refractivity contribution in [3.63, 3.8) is 0 Å². The number of carbonyl (C=O) groups is 1. The zero-order valence-electron chi connectivity index (χ0n) is 8.24. The van der Waals surface area contributed by atoms with E-state index in [9.17, 15) is 4.79 Å². The van der Waals surface area contributed by atoms with Crippen LogP contribution in [-0.4, -0.2) is 12.5 Å². The highest BCUT2D eigenvalue weighted by Crippen LogP contribution is 1.93. The topological polar surface area (TPSA) is 29.1 Å². The van der Waals surface area contributed by atoms with Crippen molar-refractivity contribution in [1.29, 1.82) is 0 Å².